The number of carbonyl (C=O) groups is 1. The molecule has 130 valence electrons. The van der Waals surface area contributed by atoms with E-state index >= 15 is 0 Å². The van der Waals surface area contributed by atoms with E-state index in [-0.39, 0.29) is 12.2 Å². The first-order valence-corrected chi connectivity index (χ1v) is 8.79. The van der Waals surface area contributed by atoms with Gasteiger partial charge >= 0.3 is 0 Å². The standard InChI is InChI=1S/C22H14ClN3O/c23-17-6-3-4-14(10-17)11-21(27)15-8-9-19-20(12-15)26-22(25-19)18-7-2-1-5-16(18)13-24/h1-10,12H,11H2,(H,25,26). The van der Waals surface area contributed by atoms with E-state index in [4.69, 9.17) is 11.6 Å². The molecule has 4 nitrogen and oxygen atoms in total. The van der Waals surface area contributed by atoms with Crippen LogP contribution >= 0.6 is 11.6 Å². The molecule has 0 aliphatic rings. The fraction of sp³-hybridized carbons (Fsp3) is 0.0455. The van der Waals surface area contributed by atoms with E-state index in [1.165, 1.54) is 0 Å². The van der Waals surface area contributed by atoms with Crippen molar-refractivity contribution >= 4 is 28.4 Å². The number of halogens is 1. The van der Waals surface area contributed by atoms with Crippen LogP contribution in [0.4, 0.5) is 0 Å². The number of H-pyrrole nitrogens is 1. The van der Waals surface area contributed by atoms with Crippen molar-refractivity contribution in [2.24, 2.45) is 0 Å². The number of benzene rings is 3. The first kappa shape index (κ1) is 17.0. The summed E-state index contributed by atoms with van der Waals surface area (Å²) in [6, 6.07) is 22.1. The van der Waals surface area contributed by atoms with E-state index in [1.54, 1.807) is 30.3 Å². The van der Waals surface area contributed by atoms with Gasteiger partial charge in [0.1, 0.15) is 5.82 Å². The summed E-state index contributed by atoms with van der Waals surface area (Å²) in [5.41, 5.74) is 4.27. The van der Waals surface area contributed by atoms with Crippen molar-refractivity contribution in [1.29, 1.82) is 5.26 Å². The highest BCUT2D eigenvalue weighted by molar-refractivity contribution is 6.30. The number of aromatic nitrogens is 2. The summed E-state index contributed by atoms with van der Waals surface area (Å²) in [6.45, 7) is 0. The lowest BCUT2D eigenvalue weighted by atomic mass is 10.0. The predicted molar refractivity (Wildman–Crippen MR) is 106 cm³/mol. The SMILES string of the molecule is N#Cc1ccccc1-c1nc2ccc(C(=O)Cc3cccc(Cl)c3)cc2[nH]1. The van der Waals surface area contributed by atoms with Gasteiger partial charge in [-0.25, -0.2) is 4.98 Å². The summed E-state index contributed by atoms with van der Waals surface area (Å²) in [6.07, 6.45) is 0.282. The van der Waals surface area contributed by atoms with Gasteiger partial charge in [0.2, 0.25) is 0 Å². The van der Waals surface area contributed by atoms with Crippen LogP contribution in [0.1, 0.15) is 21.5 Å². The van der Waals surface area contributed by atoms with Crippen molar-refractivity contribution in [3.63, 3.8) is 0 Å². The summed E-state index contributed by atoms with van der Waals surface area (Å²) in [7, 11) is 0. The number of nitrogens with zero attached hydrogens (tertiary/aromatic N) is 2. The average Bonchev–Trinajstić information content (AvgIpc) is 3.11. The Morgan fingerprint density at radius 3 is 2.74 bits per heavy atom. The quantitative estimate of drug-likeness (QED) is 0.502. The molecule has 0 atom stereocenters. The number of imidazole rings is 1. The molecule has 0 saturated carbocycles. The van der Waals surface area contributed by atoms with Crippen molar-refractivity contribution in [2.75, 3.05) is 0 Å². The molecule has 0 spiro atoms. The third-order valence-electron chi connectivity index (χ3n) is 4.36. The minimum absolute atomic E-state index is 0.00717. The second kappa shape index (κ2) is 7.06. The number of nitriles is 1. The van der Waals surface area contributed by atoms with Crippen LogP contribution in [0.5, 0.6) is 0 Å². The van der Waals surface area contributed by atoms with E-state index in [9.17, 15) is 10.1 Å². The van der Waals surface area contributed by atoms with Gasteiger partial charge in [-0.2, -0.15) is 5.26 Å². The molecular formula is C22H14ClN3O. The van der Waals surface area contributed by atoms with Crippen LogP contribution in [-0.4, -0.2) is 15.8 Å². The first-order chi connectivity index (χ1) is 13.1. The highest BCUT2D eigenvalue weighted by Crippen LogP contribution is 2.24. The van der Waals surface area contributed by atoms with Crippen molar-refractivity contribution in [2.45, 2.75) is 6.42 Å². The van der Waals surface area contributed by atoms with Crippen LogP contribution in [-0.2, 0) is 6.42 Å². The molecule has 0 unspecified atom stereocenters. The normalized spacial score (nSPS) is 10.7. The Hall–Kier alpha value is -3.42. The molecule has 0 saturated heterocycles. The number of nitrogens with one attached hydrogen (secondary N) is 1. The number of Topliss-reactive ketones (excluding diaryl/α,β-unsaturated/α-hetero) is 1. The molecule has 0 amide bonds. The summed E-state index contributed by atoms with van der Waals surface area (Å²) in [5, 5.41) is 9.90. The minimum Gasteiger partial charge on any atom is -0.338 e. The number of ketones is 1. The molecule has 27 heavy (non-hydrogen) atoms. The largest absolute Gasteiger partial charge is 0.338 e. The molecule has 1 heterocycles. The van der Waals surface area contributed by atoms with Crippen LogP contribution in [0.15, 0.2) is 66.7 Å². The number of hydrogen-bond donors (Lipinski definition) is 1. The van der Waals surface area contributed by atoms with E-state index in [2.05, 4.69) is 16.0 Å². The fourth-order valence-corrected chi connectivity index (χ4v) is 3.25. The van der Waals surface area contributed by atoms with Crippen molar-refractivity contribution in [3.05, 3.63) is 88.4 Å². The van der Waals surface area contributed by atoms with Crippen LogP contribution in [0.2, 0.25) is 5.02 Å². The number of rotatable bonds is 4. The lowest BCUT2D eigenvalue weighted by Crippen LogP contribution is -2.03. The molecule has 0 fully saturated rings. The van der Waals surface area contributed by atoms with Gasteiger partial charge in [-0.1, -0.05) is 35.9 Å². The molecule has 1 N–H and O–H groups in total. The zero-order valence-electron chi connectivity index (χ0n) is 14.2. The number of hydrogen-bond acceptors (Lipinski definition) is 3. The van der Waals surface area contributed by atoms with Crippen LogP contribution in [0.3, 0.4) is 0 Å². The van der Waals surface area contributed by atoms with E-state index in [1.807, 2.05) is 36.4 Å². The minimum atomic E-state index is 0.00717. The summed E-state index contributed by atoms with van der Waals surface area (Å²) in [4.78, 5) is 20.4. The van der Waals surface area contributed by atoms with E-state index < -0.39 is 0 Å². The predicted octanol–water partition coefficient (Wildman–Crippen LogP) is 5.18. The topological polar surface area (TPSA) is 69.5 Å². The van der Waals surface area contributed by atoms with Gasteiger partial charge in [-0.05, 0) is 48.0 Å². The highest BCUT2D eigenvalue weighted by atomic mass is 35.5. The molecule has 4 rings (SSSR count). The fourth-order valence-electron chi connectivity index (χ4n) is 3.03. The van der Waals surface area contributed by atoms with Crippen LogP contribution < -0.4 is 0 Å². The maximum Gasteiger partial charge on any atom is 0.167 e. The third-order valence-corrected chi connectivity index (χ3v) is 4.60. The lowest BCUT2D eigenvalue weighted by molar-refractivity contribution is 0.0993. The Bertz CT molecular complexity index is 1200. The number of aromatic amines is 1. The summed E-state index contributed by atoms with van der Waals surface area (Å²) in [5.74, 6) is 0.620. The zero-order valence-corrected chi connectivity index (χ0v) is 15.0. The molecule has 0 aliphatic heterocycles. The lowest BCUT2D eigenvalue weighted by Gasteiger charge is -2.02. The van der Waals surface area contributed by atoms with Gasteiger partial charge in [-0.3, -0.25) is 4.79 Å². The Labute approximate surface area is 161 Å². The second-order valence-corrected chi connectivity index (χ2v) is 6.64. The molecule has 0 radical (unpaired) electrons. The van der Waals surface area contributed by atoms with Gasteiger partial charge in [0.05, 0.1) is 22.7 Å². The smallest absolute Gasteiger partial charge is 0.167 e. The monoisotopic (exact) mass is 371 g/mol. The maximum absolute atomic E-state index is 12.6. The second-order valence-electron chi connectivity index (χ2n) is 6.20. The molecule has 0 aliphatic carbocycles. The van der Waals surface area contributed by atoms with Crippen molar-refractivity contribution in [3.8, 4) is 17.5 Å². The van der Waals surface area contributed by atoms with Gasteiger partial charge in [-0.15, -0.1) is 0 Å². The van der Waals surface area contributed by atoms with Gasteiger partial charge < -0.3 is 4.98 Å². The molecular weight excluding hydrogens is 358 g/mol. The molecule has 3 aromatic carbocycles. The van der Waals surface area contributed by atoms with Crippen molar-refractivity contribution < 1.29 is 4.79 Å². The Morgan fingerprint density at radius 1 is 1.07 bits per heavy atom. The van der Waals surface area contributed by atoms with Crippen LogP contribution in [0.25, 0.3) is 22.4 Å². The summed E-state index contributed by atoms with van der Waals surface area (Å²) >= 11 is 5.99. The molecule has 1 aromatic heterocycles. The van der Waals surface area contributed by atoms with Gasteiger partial charge in [0.15, 0.2) is 5.78 Å². The average molecular weight is 372 g/mol. The molecule has 0 bridgehead atoms. The summed E-state index contributed by atoms with van der Waals surface area (Å²) < 4.78 is 0. The van der Waals surface area contributed by atoms with Gasteiger partial charge in [0.25, 0.3) is 0 Å². The Balaban J connectivity index is 1.67. The van der Waals surface area contributed by atoms with E-state index in [0.717, 1.165) is 22.2 Å². The maximum atomic E-state index is 12.6. The van der Waals surface area contributed by atoms with E-state index in [0.29, 0.717) is 22.0 Å². The first-order valence-electron chi connectivity index (χ1n) is 8.41. The third kappa shape index (κ3) is 3.46. The Morgan fingerprint density at radius 2 is 1.93 bits per heavy atom. The number of fused-ring (bicyclic) bond motifs is 1. The van der Waals surface area contributed by atoms with Crippen LogP contribution in [0, 0.1) is 11.3 Å². The van der Waals surface area contributed by atoms with Gasteiger partial charge in [0, 0.05) is 22.6 Å². The highest BCUT2D eigenvalue weighted by Gasteiger charge is 2.12. The molecule has 4 aromatic rings. The van der Waals surface area contributed by atoms with Crippen molar-refractivity contribution in [1.82, 2.24) is 9.97 Å². The zero-order chi connectivity index (χ0) is 18.8. The Kier molecular flexibility index (Phi) is 4.45. The molecule has 5 heteroatoms. The number of carbonyl (C=O) groups excluding carboxylic acids is 1.